The molecule has 0 bridgehead atoms. The van der Waals surface area contributed by atoms with Crippen molar-refractivity contribution in [2.24, 2.45) is 7.05 Å². The van der Waals surface area contributed by atoms with E-state index in [0.29, 0.717) is 6.04 Å². The summed E-state index contributed by atoms with van der Waals surface area (Å²) in [6.07, 6.45) is 7.81. The zero-order chi connectivity index (χ0) is 10.1. The highest BCUT2D eigenvalue weighted by Crippen LogP contribution is 2.15. The molecule has 0 spiro atoms. The van der Waals surface area contributed by atoms with E-state index in [-0.39, 0.29) is 0 Å². The summed E-state index contributed by atoms with van der Waals surface area (Å²) < 4.78 is 1.99. The van der Waals surface area contributed by atoms with Crippen LogP contribution in [0, 0.1) is 0 Å². The first kappa shape index (κ1) is 9.18. The van der Waals surface area contributed by atoms with E-state index in [2.05, 4.69) is 29.8 Å². The highest BCUT2D eigenvalue weighted by Gasteiger charge is 2.21. The Balaban J connectivity index is 2.11. The normalized spacial score (nSPS) is 15.4. The number of imidazole rings is 1. The number of hydrogen-bond donors (Lipinski definition) is 0. The molecule has 1 aromatic rings. The molecule has 0 N–H and O–H groups in total. The van der Waals surface area contributed by atoms with Gasteiger partial charge < -0.3 is 14.2 Å². The van der Waals surface area contributed by atoms with Gasteiger partial charge in [-0.2, -0.15) is 0 Å². The third-order valence-corrected chi connectivity index (χ3v) is 2.28. The van der Waals surface area contributed by atoms with Crippen LogP contribution in [-0.2, 0) is 7.05 Å². The molecule has 1 aliphatic rings. The molecule has 0 saturated carbocycles. The van der Waals surface area contributed by atoms with Gasteiger partial charge in [-0.05, 0) is 13.8 Å². The van der Waals surface area contributed by atoms with Crippen LogP contribution in [0.4, 0.5) is 5.95 Å². The van der Waals surface area contributed by atoms with Crippen molar-refractivity contribution in [2.45, 2.75) is 19.9 Å². The molecule has 1 aliphatic heterocycles. The second-order valence-corrected chi connectivity index (χ2v) is 3.70. The van der Waals surface area contributed by atoms with Gasteiger partial charge >= 0.3 is 7.55 Å². The third-order valence-electron chi connectivity index (χ3n) is 2.28. The van der Waals surface area contributed by atoms with Crippen molar-refractivity contribution in [3.8, 4) is 0 Å². The van der Waals surface area contributed by atoms with E-state index in [1.807, 2.05) is 36.4 Å². The molecule has 5 heteroatoms. The van der Waals surface area contributed by atoms with Crippen molar-refractivity contribution >= 4 is 13.5 Å². The zero-order valence-corrected chi connectivity index (χ0v) is 8.75. The predicted octanol–water partition coefficient (Wildman–Crippen LogP) is 0.956. The summed E-state index contributed by atoms with van der Waals surface area (Å²) in [6.45, 7) is 4.31. The molecule has 0 fully saturated rings. The fourth-order valence-electron chi connectivity index (χ4n) is 1.40. The van der Waals surface area contributed by atoms with Crippen molar-refractivity contribution in [2.75, 3.05) is 4.81 Å². The van der Waals surface area contributed by atoms with Gasteiger partial charge in [0, 0.05) is 37.9 Å². The number of nitrogens with zero attached hydrogens (tertiary/aromatic N) is 4. The number of aromatic nitrogens is 2. The second kappa shape index (κ2) is 3.40. The quantitative estimate of drug-likeness (QED) is 0.647. The second-order valence-electron chi connectivity index (χ2n) is 3.70. The van der Waals surface area contributed by atoms with E-state index >= 15 is 0 Å². The van der Waals surface area contributed by atoms with Gasteiger partial charge in [-0.1, -0.05) is 0 Å². The number of rotatable bonds is 2. The third kappa shape index (κ3) is 1.50. The van der Waals surface area contributed by atoms with E-state index < -0.39 is 0 Å². The SMILES string of the molecule is CC(C)N1[B]N(c2nccn2C)C=C1. The maximum Gasteiger partial charge on any atom is 0.398 e. The topological polar surface area (TPSA) is 24.3 Å². The molecule has 14 heavy (non-hydrogen) atoms. The largest absolute Gasteiger partial charge is 0.401 e. The van der Waals surface area contributed by atoms with Gasteiger partial charge in [-0.25, -0.2) is 4.98 Å². The molecule has 1 aromatic heterocycles. The molecule has 2 heterocycles. The summed E-state index contributed by atoms with van der Waals surface area (Å²) in [6, 6.07) is 0.483. The number of anilines is 1. The number of aryl methyl sites for hydroxylation is 1. The average Bonchev–Trinajstić information content (AvgIpc) is 2.71. The first-order valence-electron chi connectivity index (χ1n) is 4.75. The van der Waals surface area contributed by atoms with Crippen molar-refractivity contribution in [3.63, 3.8) is 0 Å². The first-order valence-corrected chi connectivity index (χ1v) is 4.75. The molecule has 0 amide bonds. The molecule has 4 nitrogen and oxygen atoms in total. The minimum absolute atomic E-state index is 0.483. The maximum atomic E-state index is 4.27. The molecule has 2 rings (SSSR count). The smallest absolute Gasteiger partial charge is 0.398 e. The molecule has 0 aliphatic carbocycles. The van der Waals surface area contributed by atoms with Gasteiger partial charge in [0.2, 0.25) is 0 Å². The molecule has 73 valence electrons. The van der Waals surface area contributed by atoms with Crippen molar-refractivity contribution < 1.29 is 0 Å². The van der Waals surface area contributed by atoms with Gasteiger partial charge in [0.25, 0.3) is 0 Å². The van der Waals surface area contributed by atoms with Crippen LogP contribution < -0.4 is 4.81 Å². The lowest BCUT2D eigenvalue weighted by Crippen LogP contribution is -2.34. The monoisotopic (exact) mass is 189 g/mol. The molecule has 0 aromatic carbocycles. The lowest BCUT2D eigenvalue weighted by molar-refractivity contribution is 0.491. The van der Waals surface area contributed by atoms with E-state index in [0.717, 1.165) is 5.95 Å². The molecule has 0 atom stereocenters. The van der Waals surface area contributed by atoms with Crippen LogP contribution in [0.25, 0.3) is 0 Å². The van der Waals surface area contributed by atoms with E-state index in [9.17, 15) is 0 Å². The molecular formula is C9H14BN4. The predicted molar refractivity (Wildman–Crippen MR) is 57.6 cm³/mol. The number of hydrogen-bond acceptors (Lipinski definition) is 3. The van der Waals surface area contributed by atoms with E-state index in [1.54, 1.807) is 6.20 Å². The Morgan fingerprint density at radius 1 is 1.36 bits per heavy atom. The van der Waals surface area contributed by atoms with Crippen LogP contribution in [0.5, 0.6) is 0 Å². The first-order chi connectivity index (χ1) is 6.68. The standard InChI is InChI=1S/C9H14BN4/c1-8(2)13-6-7-14(10-13)9-11-4-5-12(9)3/h4-8H,1-3H3. The summed E-state index contributed by atoms with van der Waals surface area (Å²) in [4.78, 5) is 8.43. The zero-order valence-electron chi connectivity index (χ0n) is 8.75. The average molecular weight is 189 g/mol. The van der Waals surface area contributed by atoms with E-state index in [4.69, 9.17) is 0 Å². The Bertz CT molecular complexity index is 344. The van der Waals surface area contributed by atoms with Crippen molar-refractivity contribution in [3.05, 3.63) is 24.8 Å². The highest BCUT2D eigenvalue weighted by molar-refractivity contribution is 6.40. The van der Waals surface area contributed by atoms with Crippen LogP contribution >= 0.6 is 0 Å². The van der Waals surface area contributed by atoms with Gasteiger partial charge in [-0.3, -0.25) is 0 Å². The van der Waals surface area contributed by atoms with Crippen molar-refractivity contribution in [1.82, 2.24) is 14.4 Å². The summed E-state index contributed by atoms with van der Waals surface area (Å²) >= 11 is 0. The Morgan fingerprint density at radius 3 is 2.64 bits per heavy atom. The lowest BCUT2D eigenvalue weighted by atomic mass is 10.1. The van der Waals surface area contributed by atoms with Gasteiger partial charge in [-0.15, -0.1) is 0 Å². The Kier molecular flexibility index (Phi) is 2.23. The molecule has 0 unspecified atom stereocenters. The lowest BCUT2D eigenvalue weighted by Gasteiger charge is -2.21. The highest BCUT2D eigenvalue weighted by atomic mass is 15.3. The Morgan fingerprint density at radius 2 is 2.14 bits per heavy atom. The van der Waals surface area contributed by atoms with Crippen LogP contribution in [-0.4, -0.2) is 28.0 Å². The van der Waals surface area contributed by atoms with Gasteiger partial charge in [0.05, 0.1) is 0 Å². The fraction of sp³-hybridized carbons (Fsp3) is 0.444. The summed E-state index contributed by atoms with van der Waals surface area (Å²) in [5.41, 5.74) is 0. The summed E-state index contributed by atoms with van der Waals surface area (Å²) in [7, 11) is 4.04. The molecule has 1 radical (unpaired) electrons. The Hall–Kier alpha value is -1.39. The fourth-order valence-corrected chi connectivity index (χ4v) is 1.40. The molecule has 0 saturated heterocycles. The minimum atomic E-state index is 0.483. The van der Waals surface area contributed by atoms with E-state index in [1.165, 1.54) is 0 Å². The molecular weight excluding hydrogens is 175 g/mol. The van der Waals surface area contributed by atoms with Gasteiger partial charge in [0.1, 0.15) is 0 Å². The minimum Gasteiger partial charge on any atom is -0.401 e. The summed E-state index contributed by atoms with van der Waals surface area (Å²) in [5.74, 6) is 0.935. The van der Waals surface area contributed by atoms with Crippen LogP contribution in [0.2, 0.25) is 0 Å². The van der Waals surface area contributed by atoms with Crippen LogP contribution in [0.15, 0.2) is 24.8 Å². The van der Waals surface area contributed by atoms with Gasteiger partial charge in [0.15, 0.2) is 5.95 Å². The Labute approximate surface area is 85.1 Å². The van der Waals surface area contributed by atoms with Crippen LogP contribution in [0.3, 0.4) is 0 Å². The summed E-state index contributed by atoms with van der Waals surface area (Å²) in [5, 5.41) is 0. The van der Waals surface area contributed by atoms with Crippen molar-refractivity contribution in [1.29, 1.82) is 0 Å². The maximum absolute atomic E-state index is 4.27. The van der Waals surface area contributed by atoms with Crippen LogP contribution in [0.1, 0.15) is 13.8 Å².